The third-order valence-electron chi connectivity index (χ3n) is 3.28. The minimum atomic E-state index is -0.258. The fraction of sp³-hybridized carbons (Fsp3) is 0.214. The number of nitrogens with two attached hydrogens (primary N) is 1. The van der Waals surface area contributed by atoms with Gasteiger partial charge in [-0.3, -0.25) is 9.67 Å². The molecule has 96 valence electrons. The maximum Gasteiger partial charge on any atom is 0.0796 e. The van der Waals surface area contributed by atoms with E-state index in [4.69, 9.17) is 5.73 Å². The van der Waals surface area contributed by atoms with Gasteiger partial charge in [0, 0.05) is 18.1 Å². The predicted octanol–water partition coefficient (Wildman–Crippen LogP) is 1.72. The third kappa shape index (κ3) is 1.98. The molecule has 5 nitrogen and oxygen atoms in total. The molecule has 3 aromatic rings. The van der Waals surface area contributed by atoms with Crippen LogP contribution in [0.1, 0.15) is 23.0 Å². The second-order valence-electron chi connectivity index (χ2n) is 4.63. The molecule has 0 bridgehead atoms. The van der Waals surface area contributed by atoms with Gasteiger partial charge in [0.05, 0.1) is 23.4 Å². The molecular formula is C14H15N5. The van der Waals surface area contributed by atoms with E-state index in [1.54, 1.807) is 10.9 Å². The van der Waals surface area contributed by atoms with Crippen molar-refractivity contribution < 1.29 is 0 Å². The summed E-state index contributed by atoms with van der Waals surface area (Å²) in [5.74, 6) is 0. The zero-order chi connectivity index (χ0) is 13.4. The molecule has 1 atom stereocenters. The Morgan fingerprint density at radius 1 is 1.26 bits per heavy atom. The van der Waals surface area contributed by atoms with Crippen molar-refractivity contribution in [3.63, 3.8) is 0 Å². The predicted molar refractivity (Wildman–Crippen MR) is 73.5 cm³/mol. The molecular weight excluding hydrogens is 238 g/mol. The van der Waals surface area contributed by atoms with Crippen LogP contribution in [-0.4, -0.2) is 20.0 Å². The van der Waals surface area contributed by atoms with Crippen molar-refractivity contribution in [2.75, 3.05) is 0 Å². The molecule has 1 aromatic carbocycles. The number of nitrogens with zero attached hydrogens (tertiary/aromatic N) is 4. The summed E-state index contributed by atoms with van der Waals surface area (Å²) >= 11 is 0. The molecule has 2 N–H and O–H groups in total. The van der Waals surface area contributed by atoms with E-state index in [0.717, 1.165) is 27.9 Å². The van der Waals surface area contributed by atoms with Crippen molar-refractivity contribution in [3.8, 4) is 0 Å². The molecule has 0 spiro atoms. The van der Waals surface area contributed by atoms with Crippen molar-refractivity contribution in [1.29, 1.82) is 0 Å². The number of hydrogen-bond acceptors (Lipinski definition) is 4. The van der Waals surface area contributed by atoms with Crippen LogP contribution in [-0.2, 0) is 7.05 Å². The average Bonchev–Trinajstić information content (AvgIpc) is 2.83. The Morgan fingerprint density at radius 3 is 2.79 bits per heavy atom. The standard InChI is InChI=1S/C14H15N5/c1-9-7-11(10-5-3-4-6-12(10)17-9)14(15)13-8-16-18-19(13)2/h3-8,14H,15H2,1-2H3. The highest BCUT2D eigenvalue weighted by atomic mass is 15.4. The van der Waals surface area contributed by atoms with Gasteiger partial charge >= 0.3 is 0 Å². The van der Waals surface area contributed by atoms with Crippen LogP contribution in [0.3, 0.4) is 0 Å². The third-order valence-corrected chi connectivity index (χ3v) is 3.28. The van der Waals surface area contributed by atoms with Gasteiger partial charge in [-0.1, -0.05) is 23.4 Å². The van der Waals surface area contributed by atoms with Gasteiger partial charge in [-0.05, 0) is 24.6 Å². The molecule has 0 aliphatic heterocycles. The lowest BCUT2D eigenvalue weighted by atomic mass is 9.99. The van der Waals surface area contributed by atoms with Gasteiger partial charge < -0.3 is 5.73 Å². The molecule has 0 fully saturated rings. The van der Waals surface area contributed by atoms with E-state index in [9.17, 15) is 0 Å². The Hall–Kier alpha value is -2.27. The van der Waals surface area contributed by atoms with Crippen LogP contribution in [0.15, 0.2) is 36.5 Å². The maximum atomic E-state index is 6.37. The summed E-state index contributed by atoms with van der Waals surface area (Å²) in [7, 11) is 1.85. The van der Waals surface area contributed by atoms with E-state index >= 15 is 0 Å². The zero-order valence-electron chi connectivity index (χ0n) is 10.9. The largest absolute Gasteiger partial charge is 0.319 e. The topological polar surface area (TPSA) is 69.6 Å². The Labute approximate surface area is 111 Å². The first kappa shape index (κ1) is 11.8. The molecule has 1 unspecified atom stereocenters. The van der Waals surface area contributed by atoms with Gasteiger partial charge in [0.2, 0.25) is 0 Å². The number of hydrogen-bond donors (Lipinski definition) is 1. The summed E-state index contributed by atoms with van der Waals surface area (Å²) < 4.78 is 1.70. The summed E-state index contributed by atoms with van der Waals surface area (Å²) in [5.41, 5.74) is 10.2. The van der Waals surface area contributed by atoms with Crippen LogP contribution >= 0.6 is 0 Å². The zero-order valence-corrected chi connectivity index (χ0v) is 10.9. The smallest absolute Gasteiger partial charge is 0.0796 e. The number of para-hydroxylation sites is 1. The Bertz CT molecular complexity index is 732. The Balaban J connectivity index is 2.22. The highest BCUT2D eigenvalue weighted by molar-refractivity contribution is 5.83. The van der Waals surface area contributed by atoms with Crippen molar-refractivity contribution in [3.05, 3.63) is 53.5 Å². The molecule has 0 aliphatic rings. The molecule has 2 aromatic heterocycles. The van der Waals surface area contributed by atoms with Gasteiger partial charge in [-0.2, -0.15) is 0 Å². The van der Waals surface area contributed by atoms with Crippen LogP contribution in [0.5, 0.6) is 0 Å². The molecule has 0 amide bonds. The van der Waals surface area contributed by atoms with Gasteiger partial charge in [-0.25, -0.2) is 0 Å². The van der Waals surface area contributed by atoms with Crippen molar-refractivity contribution in [1.82, 2.24) is 20.0 Å². The minimum absolute atomic E-state index is 0.258. The Morgan fingerprint density at radius 2 is 2.05 bits per heavy atom. The fourth-order valence-corrected chi connectivity index (χ4v) is 2.34. The normalized spacial score (nSPS) is 12.8. The first-order valence-electron chi connectivity index (χ1n) is 6.13. The number of aromatic nitrogens is 4. The number of rotatable bonds is 2. The lowest BCUT2D eigenvalue weighted by molar-refractivity contribution is 0.652. The molecule has 19 heavy (non-hydrogen) atoms. The Kier molecular flexibility index (Phi) is 2.76. The minimum Gasteiger partial charge on any atom is -0.319 e. The summed E-state index contributed by atoms with van der Waals surface area (Å²) in [5, 5.41) is 8.90. The van der Waals surface area contributed by atoms with Gasteiger partial charge in [0.15, 0.2) is 0 Å². The summed E-state index contributed by atoms with van der Waals surface area (Å²) in [6.45, 7) is 1.98. The SMILES string of the molecule is Cc1cc(C(N)c2cnnn2C)c2ccccc2n1. The van der Waals surface area contributed by atoms with E-state index in [0.29, 0.717) is 0 Å². The fourth-order valence-electron chi connectivity index (χ4n) is 2.34. The monoisotopic (exact) mass is 253 g/mol. The molecule has 0 saturated carbocycles. The number of pyridine rings is 1. The lowest BCUT2D eigenvalue weighted by Gasteiger charge is -2.15. The van der Waals surface area contributed by atoms with E-state index in [2.05, 4.69) is 15.3 Å². The van der Waals surface area contributed by atoms with Crippen LogP contribution in [0.2, 0.25) is 0 Å². The molecule has 0 radical (unpaired) electrons. The second kappa shape index (κ2) is 4.44. The van der Waals surface area contributed by atoms with E-state index < -0.39 is 0 Å². The highest BCUT2D eigenvalue weighted by Crippen LogP contribution is 2.26. The first-order chi connectivity index (χ1) is 9.16. The number of benzene rings is 1. The maximum absolute atomic E-state index is 6.37. The summed E-state index contributed by atoms with van der Waals surface area (Å²) in [6, 6.07) is 9.79. The number of fused-ring (bicyclic) bond motifs is 1. The second-order valence-corrected chi connectivity index (χ2v) is 4.63. The van der Waals surface area contributed by atoms with Crippen LogP contribution in [0.4, 0.5) is 0 Å². The molecule has 0 saturated heterocycles. The lowest BCUT2D eigenvalue weighted by Crippen LogP contribution is -2.16. The number of aryl methyl sites for hydroxylation is 2. The van der Waals surface area contributed by atoms with Crippen molar-refractivity contribution >= 4 is 10.9 Å². The van der Waals surface area contributed by atoms with Gasteiger partial charge in [0.25, 0.3) is 0 Å². The summed E-state index contributed by atoms with van der Waals surface area (Å²) in [6.07, 6.45) is 1.70. The first-order valence-corrected chi connectivity index (χ1v) is 6.13. The van der Waals surface area contributed by atoms with Crippen LogP contribution in [0.25, 0.3) is 10.9 Å². The van der Waals surface area contributed by atoms with Crippen LogP contribution < -0.4 is 5.73 Å². The highest BCUT2D eigenvalue weighted by Gasteiger charge is 2.16. The van der Waals surface area contributed by atoms with Gasteiger partial charge in [-0.15, -0.1) is 5.10 Å². The average molecular weight is 253 g/mol. The molecule has 3 rings (SSSR count). The van der Waals surface area contributed by atoms with Crippen LogP contribution in [0, 0.1) is 6.92 Å². The quantitative estimate of drug-likeness (QED) is 0.755. The van der Waals surface area contributed by atoms with Crippen molar-refractivity contribution in [2.24, 2.45) is 12.8 Å². The molecule has 2 heterocycles. The van der Waals surface area contributed by atoms with E-state index in [1.165, 1.54) is 0 Å². The summed E-state index contributed by atoms with van der Waals surface area (Å²) in [4.78, 5) is 4.53. The van der Waals surface area contributed by atoms with E-state index in [1.807, 2.05) is 44.3 Å². The van der Waals surface area contributed by atoms with E-state index in [-0.39, 0.29) is 6.04 Å². The molecule has 5 heteroatoms. The van der Waals surface area contributed by atoms with Crippen molar-refractivity contribution in [2.45, 2.75) is 13.0 Å². The molecule has 0 aliphatic carbocycles. The van der Waals surface area contributed by atoms with Gasteiger partial charge in [0.1, 0.15) is 0 Å².